The molecule has 1 N–H and O–H groups in total. The molecule has 25 heavy (non-hydrogen) atoms. The van der Waals surface area contributed by atoms with Crippen molar-refractivity contribution in [1.82, 2.24) is 4.98 Å². The number of methoxy groups -OCH3 is 1. The van der Waals surface area contributed by atoms with E-state index in [0.717, 1.165) is 5.39 Å². The normalized spacial score (nSPS) is 13.2. The van der Waals surface area contributed by atoms with E-state index in [1.807, 2.05) is 6.07 Å². The molecule has 0 spiro atoms. The molecule has 0 unspecified atom stereocenters. The smallest absolute Gasteiger partial charge is 0.254 e. The van der Waals surface area contributed by atoms with E-state index in [0.29, 0.717) is 46.9 Å². The van der Waals surface area contributed by atoms with Gasteiger partial charge < -0.3 is 19.2 Å². The fraction of sp³-hybridized carbons (Fsp3) is 0.211. The van der Waals surface area contributed by atoms with E-state index in [2.05, 4.69) is 4.98 Å². The highest BCUT2D eigenvalue weighted by molar-refractivity contribution is 5.97. The van der Waals surface area contributed by atoms with Crippen LogP contribution in [0.15, 0.2) is 41.2 Å². The summed E-state index contributed by atoms with van der Waals surface area (Å²) in [5.41, 5.74) is 2.02. The predicted octanol–water partition coefficient (Wildman–Crippen LogP) is 3.25. The SMILES string of the molecule is COCc1c(-c2cccc(F)c2)c2cc3c(cc2[nH]c1=O)OCCO3. The lowest BCUT2D eigenvalue weighted by atomic mass is 9.96. The fourth-order valence-electron chi connectivity index (χ4n) is 3.13. The molecular weight excluding hydrogens is 325 g/mol. The maximum absolute atomic E-state index is 13.8. The van der Waals surface area contributed by atoms with Crippen LogP contribution < -0.4 is 15.0 Å². The summed E-state index contributed by atoms with van der Waals surface area (Å²) in [5, 5.41) is 0.751. The maximum Gasteiger partial charge on any atom is 0.254 e. The zero-order valence-corrected chi connectivity index (χ0v) is 13.6. The van der Waals surface area contributed by atoms with Crippen LogP contribution in [0, 0.1) is 5.82 Å². The third-order valence-corrected chi connectivity index (χ3v) is 4.18. The van der Waals surface area contributed by atoms with Gasteiger partial charge in [0, 0.05) is 24.1 Å². The highest BCUT2D eigenvalue weighted by Gasteiger charge is 2.19. The van der Waals surface area contributed by atoms with Crippen LogP contribution in [0.4, 0.5) is 4.39 Å². The van der Waals surface area contributed by atoms with Crippen LogP contribution in [0.25, 0.3) is 22.0 Å². The lowest BCUT2D eigenvalue weighted by Crippen LogP contribution is -2.18. The summed E-state index contributed by atoms with van der Waals surface area (Å²) < 4.78 is 30.2. The second-order valence-electron chi connectivity index (χ2n) is 5.79. The number of aromatic nitrogens is 1. The Labute approximate surface area is 143 Å². The third kappa shape index (κ3) is 2.74. The number of hydrogen-bond donors (Lipinski definition) is 1. The van der Waals surface area contributed by atoms with Crippen LogP contribution in [0.5, 0.6) is 11.5 Å². The molecule has 128 valence electrons. The first-order chi connectivity index (χ1) is 12.2. The third-order valence-electron chi connectivity index (χ3n) is 4.18. The minimum Gasteiger partial charge on any atom is -0.486 e. The number of benzene rings is 2. The topological polar surface area (TPSA) is 60.6 Å². The van der Waals surface area contributed by atoms with Gasteiger partial charge in [0.2, 0.25) is 0 Å². The Morgan fingerprint density at radius 2 is 1.92 bits per heavy atom. The maximum atomic E-state index is 13.8. The number of aromatic amines is 1. The Morgan fingerprint density at radius 3 is 2.64 bits per heavy atom. The highest BCUT2D eigenvalue weighted by Crippen LogP contribution is 2.38. The molecule has 1 aliphatic heterocycles. The molecule has 6 heteroatoms. The minimum atomic E-state index is -0.369. The second-order valence-corrected chi connectivity index (χ2v) is 5.79. The van der Waals surface area contributed by atoms with Gasteiger partial charge in [-0.1, -0.05) is 12.1 Å². The molecule has 4 rings (SSSR count). The molecule has 0 radical (unpaired) electrons. The van der Waals surface area contributed by atoms with Crippen molar-refractivity contribution in [3.63, 3.8) is 0 Å². The summed E-state index contributed by atoms with van der Waals surface area (Å²) in [6.07, 6.45) is 0. The molecule has 0 fully saturated rings. The van der Waals surface area contributed by atoms with E-state index in [-0.39, 0.29) is 18.0 Å². The number of ether oxygens (including phenoxy) is 3. The molecule has 1 aromatic heterocycles. The van der Waals surface area contributed by atoms with E-state index in [1.54, 1.807) is 18.2 Å². The molecule has 3 aromatic rings. The predicted molar refractivity (Wildman–Crippen MR) is 91.7 cm³/mol. The van der Waals surface area contributed by atoms with Gasteiger partial charge in [-0.25, -0.2) is 4.39 Å². The van der Waals surface area contributed by atoms with Crippen molar-refractivity contribution < 1.29 is 18.6 Å². The average Bonchev–Trinajstić information content (AvgIpc) is 2.61. The van der Waals surface area contributed by atoms with Crippen LogP contribution in [-0.2, 0) is 11.3 Å². The second kappa shape index (κ2) is 6.22. The molecule has 1 aliphatic rings. The van der Waals surface area contributed by atoms with Crippen molar-refractivity contribution in [3.05, 3.63) is 58.1 Å². The molecular formula is C19H16FNO4. The van der Waals surface area contributed by atoms with Crippen molar-refractivity contribution in [1.29, 1.82) is 0 Å². The van der Waals surface area contributed by atoms with Crippen molar-refractivity contribution >= 4 is 10.9 Å². The number of hydrogen-bond acceptors (Lipinski definition) is 4. The first-order valence-corrected chi connectivity index (χ1v) is 7.91. The highest BCUT2D eigenvalue weighted by atomic mass is 19.1. The van der Waals surface area contributed by atoms with Crippen molar-refractivity contribution in [3.8, 4) is 22.6 Å². The molecule has 0 saturated heterocycles. The van der Waals surface area contributed by atoms with Gasteiger partial charge in [-0.2, -0.15) is 0 Å². The van der Waals surface area contributed by atoms with Crippen LogP contribution in [-0.4, -0.2) is 25.3 Å². The number of pyridine rings is 1. The van der Waals surface area contributed by atoms with E-state index < -0.39 is 0 Å². The summed E-state index contributed by atoms with van der Waals surface area (Å²) >= 11 is 0. The van der Waals surface area contributed by atoms with Gasteiger partial charge in [-0.15, -0.1) is 0 Å². The van der Waals surface area contributed by atoms with Gasteiger partial charge in [0.05, 0.1) is 17.7 Å². The summed E-state index contributed by atoms with van der Waals surface area (Å²) in [7, 11) is 1.52. The van der Waals surface area contributed by atoms with Crippen LogP contribution >= 0.6 is 0 Å². The van der Waals surface area contributed by atoms with Gasteiger partial charge in [-0.3, -0.25) is 4.79 Å². The summed E-state index contributed by atoms with van der Waals surface area (Å²) in [6, 6.07) is 9.72. The van der Waals surface area contributed by atoms with Crippen molar-refractivity contribution in [2.75, 3.05) is 20.3 Å². The molecule has 0 aliphatic carbocycles. The summed E-state index contributed by atoms with van der Waals surface area (Å²) in [6.45, 7) is 1.04. The quantitative estimate of drug-likeness (QED) is 0.794. The molecule has 0 bridgehead atoms. The number of H-pyrrole nitrogens is 1. The first-order valence-electron chi connectivity index (χ1n) is 7.91. The lowest BCUT2D eigenvalue weighted by molar-refractivity contribution is 0.172. The zero-order valence-electron chi connectivity index (χ0n) is 13.6. The Balaban J connectivity index is 2.08. The molecule has 5 nitrogen and oxygen atoms in total. The lowest BCUT2D eigenvalue weighted by Gasteiger charge is -2.20. The first kappa shape index (κ1) is 15.7. The van der Waals surface area contributed by atoms with Crippen LogP contribution in [0.3, 0.4) is 0 Å². The van der Waals surface area contributed by atoms with E-state index in [1.165, 1.54) is 19.2 Å². The summed E-state index contributed by atoms with van der Waals surface area (Å²) in [5.74, 6) is 0.817. The molecule has 0 saturated carbocycles. The van der Waals surface area contributed by atoms with Gasteiger partial charge >= 0.3 is 0 Å². The van der Waals surface area contributed by atoms with Gasteiger partial charge in [0.15, 0.2) is 11.5 Å². The fourth-order valence-corrected chi connectivity index (χ4v) is 3.13. The van der Waals surface area contributed by atoms with Crippen LogP contribution in [0.2, 0.25) is 0 Å². The van der Waals surface area contributed by atoms with Crippen LogP contribution in [0.1, 0.15) is 5.56 Å². The standard InChI is InChI=1S/C19H16FNO4/c1-23-10-14-18(11-3-2-4-12(20)7-11)13-8-16-17(25-6-5-24-16)9-15(13)21-19(14)22/h2-4,7-9H,5-6,10H2,1H3,(H,21,22). The Kier molecular flexibility index (Phi) is 3.89. The van der Waals surface area contributed by atoms with Gasteiger partial charge in [0.25, 0.3) is 5.56 Å². The number of nitrogens with one attached hydrogen (secondary N) is 1. The van der Waals surface area contributed by atoms with Crippen molar-refractivity contribution in [2.45, 2.75) is 6.61 Å². The van der Waals surface area contributed by atoms with Gasteiger partial charge in [-0.05, 0) is 23.8 Å². The molecule has 2 heterocycles. The largest absolute Gasteiger partial charge is 0.486 e. The van der Waals surface area contributed by atoms with E-state index in [4.69, 9.17) is 14.2 Å². The molecule has 0 amide bonds. The zero-order chi connectivity index (χ0) is 17.4. The average molecular weight is 341 g/mol. The number of halogens is 1. The number of fused-ring (bicyclic) bond motifs is 2. The van der Waals surface area contributed by atoms with E-state index >= 15 is 0 Å². The Bertz CT molecular complexity index is 1010. The monoisotopic (exact) mass is 341 g/mol. The minimum absolute atomic E-state index is 0.117. The van der Waals surface area contributed by atoms with Crippen molar-refractivity contribution in [2.24, 2.45) is 0 Å². The Hall–Kier alpha value is -2.86. The van der Waals surface area contributed by atoms with E-state index in [9.17, 15) is 9.18 Å². The molecule has 2 aromatic carbocycles. The molecule has 0 atom stereocenters. The summed E-state index contributed by atoms with van der Waals surface area (Å²) in [4.78, 5) is 15.4. The number of rotatable bonds is 3. The van der Waals surface area contributed by atoms with Gasteiger partial charge in [0.1, 0.15) is 19.0 Å². The Morgan fingerprint density at radius 1 is 1.16 bits per heavy atom.